The zero-order valence-corrected chi connectivity index (χ0v) is 8.39. The van der Waals surface area contributed by atoms with Gasteiger partial charge in [-0.15, -0.1) is 11.3 Å². The van der Waals surface area contributed by atoms with Gasteiger partial charge >= 0.3 is 0 Å². The molecule has 4 heteroatoms. The second-order valence-electron chi connectivity index (χ2n) is 2.84. The van der Waals surface area contributed by atoms with E-state index < -0.39 is 0 Å². The Morgan fingerprint density at radius 1 is 1.38 bits per heavy atom. The minimum atomic E-state index is 0.191. The number of nitrogens with two attached hydrogens (primary N) is 2. The lowest BCUT2D eigenvalue weighted by Gasteiger charge is -1.96. The lowest BCUT2D eigenvalue weighted by atomic mass is 10.2. The third-order valence-electron chi connectivity index (χ3n) is 1.71. The standard InChI is InChI=1S/C9H15N3S/c10-9(11)12-6-2-1-4-8-5-3-7-13-8/h3,5,7H,1-2,4,6H2,(H4,10,11,12). The molecular weight excluding hydrogens is 182 g/mol. The SMILES string of the molecule is NC(N)=NCCCCc1cccs1. The van der Waals surface area contributed by atoms with Gasteiger partial charge in [0.15, 0.2) is 5.96 Å². The number of unbranched alkanes of at least 4 members (excludes halogenated alkanes) is 1. The summed E-state index contributed by atoms with van der Waals surface area (Å²) in [5.41, 5.74) is 10.4. The quantitative estimate of drug-likeness (QED) is 0.425. The molecule has 0 spiro atoms. The van der Waals surface area contributed by atoms with Gasteiger partial charge in [0.2, 0.25) is 0 Å². The number of rotatable bonds is 5. The van der Waals surface area contributed by atoms with Crippen LogP contribution in [-0.2, 0) is 6.42 Å². The Labute approximate surface area is 82.5 Å². The van der Waals surface area contributed by atoms with Gasteiger partial charge in [-0.3, -0.25) is 4.99 Å². The van der Waals surface area contributed by atoms with Crippen molar-refractivity contribution < 1.29 is 0 Å². The molecule has 0 aromatic carbocycles. The van der Waals surface area contributed by atoms with Crippen molar-refractivity contribution in [1.29, 1.82) is 0 Å². The summed E-state index contributed by atoms with van der Waals surface area (Å²) < 4.78 is 0. The first-order valence-corrected chi connectivity index (χ1v) is 5.25. The van der Waals surface area contributed by atoms with Gasteiger partial charge in [0.05, 0.1) is 0 Å². The van der Waals surface area contributed by atoms with Gasteiger partial charge in [-0.2, -0.15) is 0 Å². The Hall–Kier alpha value is -1.03. The maximum atomic E-state index is 5.20. The molecule has 0 unspecified atom stereocenters. The maximum absolute atomic E-state index is 5.20. The van der Waals surface area contributed by atoms with Crippen LogP contribution >= 0.6 is 11.3 Å². The van der Waals surface area contributed by atoms with Crippen LogP contribution in [0, 0.1) is 0 Å². The van der Waals surface area contributed by atoms with Crippen molar-refractivity contribution in [2.45, 2.75) is 19.3 Å². The van der Waals surface area contributed by atoms with Crippen LogP contribution in [0.25, 0.3) is 0 Å². The summed E-state index contributed by atoms with van der Waals surface area (Å²) in [6.07, 6.45) is 3.34. The summed E-state index contributed by atoms with van der Waals surface area (Å²) >= 11 is 1.80. The van der Waals surface area contributed by atoms with Crippen molar-refractivity contribution in [1.82, 2.24) is 0 Å². The Morgan fingerprint density at radius 3 is 2.85 bits per heavy atom. The second kappa shape index (κ2) is 5.59. The van der Waals surface area contributed by atoms with Crippen LogP contribution in [0.2, 0.25) is 0 Å². The van der Waals surface area contributed by atoms with E-state index in [-0.39, 0.29) is 5.96 Å². The Balaban J connectivity index is 2.05. The fourth-order valence-electron chi connectivity index (χ4n) is 1.07. The van der Waals surface area contributed by atoms with E-state index in [1.165, 1.54) is 4.88 Å². The number of aryl methyl sites for hydroxylation is 1. The van der Waals surface area contributed by atoms with Crippen LogP contribution < -0.4 is 11.5 Å². The molecule has 0 amide bonds. The Morgan fingerprint density at radius 2 is 2.23 bits per heavy atom. The van der Waals surface area contributed by atoms with E-state index >= 15 is 0 Å². The predicted molar refractivity (Wildman–Crippen MR) is 57.9 cm³/mol. The summed E-state index contributed by atoms with van der Waals surface area (Å²) in [5.74, 6) is 0.191. The summed E-state index contributed by atoms with van der Waals surface area (Å²) in [6.45, 7) is 0.744. The molecule has 0 aliphatic heterocycles. The summed E-state index contributed by atoms with van der Waals surface area (Å²) in [4.78, 5) is 5.35. The minimum Gasteiger partial charge on any atom is -0.370 e. The zero-order chi connectivity index (χ0) is 9.52. The number of aliphatic imine (C=N–C) groups is 1. The highest BCUT2D eigenvalue weighted by molar-refractivity contribution is 7.09. The largest absolute Gasteiger partial charge is 0.370 e. The van der Waals surface area contributed by atoms with Crippen molar-refractivity contribution in [3.8, 4) is 0 Å². The van der Waals surface area contributed by atoms with Crippen LogP contribution in [0.5, 0.6) is 0 Å². The summed E-state index contributed by atoms with van der Waals surface area (Å²) in [6, 6.07) is 4.24. The molecular formula is C9H15N3S. The molecule has 0 aliphatic carbocycles. The molecule has 4 N–H and O–H groups in total. The molecule has 1 rings (SSSR count). The first kappa shape index (κ1) is 10.1. The molecule has 0 saturated heterocycles. The second-order valence-corrected chi connectivity index (χ2v) is 3.88. The summed E-state index contributed by atoms with van der Waals surface area (Å²) in [5, 5.41) is 2.10. The van der Waals surface area contributed by atoms with Gasteiger partial charge in [0.1, 0.15) is 0 Å². The van der Waals surface area contributed by atoms with E-state index in [9.17, 15) is 0 Å². The smallest absolute Gasteiger partial charge is 0.185 e. The third kappa shape index (κ3) is 4.52. The van der Waals surface area contributed by atoms with E-state index in [4.69, 9.17) is 11.5 Å². The monoisotopic (exact) mass is 197 g/mol. The van der Waals surface area contributed by atoms with Crippen molar-refractivity contribution in [3.63, 3.8) is 0 Å². The highest BCUT2D eigenvalue weighted by Gasteiger charge is 1.93. The van der Waals surface area contributed by atoms with Crippen molar-refractivity contribution in [2.24, 2.45) is 16.5 Å². The predicted octanol–water partition coefficient (Wildman–Crippen LogP) is 1.34. The zero-order valence-electron chi connectivity index (χ0n) is 7.57. The van der Waals surface area contributed by atoms with Crippen molar-refractivity contribution in [3.05, 3.63) is 22.4 Å². The van der Waals surface area contributed by atoms with Crippen molar-refractivity contribution in [2.75, 3.05) is 6.54 Å². The molecule has 0 radical (unpaired) electrons. The first-order chi connectivity index (χ1) is 6.29. The molecule has 72 valence electrons. The van der Waals surface area contributed by atoms with E-state index in [0.717, 1.165) is 25.8 Å². The topological polar surface area (TPSA) is 64.4 Å². The fraction of sp³-hybridized carbons (Fsp3) is 0.444. The van der Waals surface area contributed by atoms with Gasteiger partial charge in [-0.1, -0.05) is 6.07 Å². The number of guanidine groups is 1. The summed E-state index contributed by atoms with van der Waals surface area (Å²) in [7, 11) is 0. The average molecular weight is 197 g/mol. The molecule has 1 aromatic heterocycles. The van der Waals surface area contributed by atoms with Crippen molar-refractivity contribution >= 4 is 17.3 Å². The molecule has 3 nitrogen and oxygen atoms in total. The fourth-order valence-corrected chi connectivity index (χ4v) is 1.83. The molecule has 0 fully saturated rings. The van der Waals surface area contributed by atoms with Gasteiger partial charge in [-0.25, -0.2) is 0 Å². The lowest BCUT2D eigenvalue weighted by molar-refractivity contribution is 0.751. The van der Waals surface area contributed by atoms with Gasteiger partial charge in [0, 0.05) is 11.4 Å². The van der Waals surface area contributed by atoms with E-state index in [2.05, 4.69) is 22.5 Å². The number of thiophene rings is 1. The van der Waals surface area contributed by atoms with E-state index in [1.54, 1.807) is 11.3 Å². The number of hydrogen-bond donors (Lipinski definition) is 2. The highest BCUT2D eigenvalue weighted by atomic mass is 32.1. The van der Waals surface area contributed by atoms with Crippen LogP contribution in [0.3, 0.4) is 0 Å². The van der Waals surface area contributed by atoms with Crippen LogP contribution in [0.4, 0.5) is 0 Å². The third-order valence-corrected chi connectivity index (χ3v) is 2.64. The molecule has 1 heterocycles. The van der Waals surface area contributed by atoms with E-state index in [1.807, 2.05) is 0 Å². The minimum absolute atomic E-state index is 0.191. The molecule has 0 atom stereocenters. The van der Waals surface area contributed by atoms with E-state index in [0.29, 0.717) is 0 Å². The van der Waals surface area contributed by atoms with Gasteiger partial charge in [0.25, 0.3) is 0 Å². The number of nitrogens with zero attached hydrogens (tertiary/aromatic N) is 1. The molecule has 0 saturated carbocycles. The molecule has 1 aromatic rings. The Bertz CT molecular complexity index is 250. The first-order valence-electron chi connectivity index (χ1n) is 4.37. The molecule has 13 heavy (non-hydrogen) atoms. The average Bonchev–Trinajstić information content (AvgIpc) is 2.55. The van der Waals surface area contributed by atoms with Crippen LogP contribution in [0.15, 0.2) is 22.5 Å². The van der Waals surface area contributed by atoms with Crippen LogP contribution in [-0.4, -0.2) is 12.5 Å². The molecule has 0 bridgehead atoms. The Kier molecular flexibility index (Phi) is 4.32. The highest BCUT2D eigenvalue weighted by Crippen LogP contribution is 2.11. The van der Waals surface area contributed by atoms with Gasteiger partial charge < -0.3 is 11.5 Å². The normalized spacial score (nSPS) is 9.85. The van der Waals surface area contributed by atoms with Crippen LogP contribution in [0.1, 0.15) is 17.7 Å². The maximum Gasteiger partial charge on any atom is 0.185 e. The van der Waals surface area contributed by atoms with Gasteiger partial charge in [-0.05, 0) is 30.7 Å². The molecule has 0 aliphatic rings. The number of hydrogen-bond acceptors (Lipinski definition) is 2. The lowest BCUT2D eigenvalue weighted by Crippen LogP contribution is -2.22.